The van der Waals surface area contributed by atoms with Crippen LogP contribution in [-0.2, 0) is 11.2 Å². The predicted octanol–water partition coefficient (Wildman–Crippen LogP) is 4.63. The van der Waals surface area contributed by atoms with Crippen molar-refractivity contribution in [2.75, 3.05) is 6.61 Å². The number of carbonyl (C=O) groups is 2. The van der Waals surface area contributed by atoms with E-state index in [0.29, 0.717) is 10.6 Å². The number of rotatable bonds is 7. The number of aromatic nitrogens is 1. The van der Waals surface area contributed by atoms with Crippen LogP contribution in [0.2, 0.25) is 0 Å². The summed E-state index contributed by atoms with van der Waals surface area (Å²) in [6, 6.07) is 12.1. The molecule has 0 bridgehead atoms. The highest BCUT2D eigenvalue weighted by Gasteiger charge is 2.18. The number of ketones is 1. The molecule has 0 aliphatic rings. The molecule has 148 valence electrons. The van der Waals surface area contributed by atoms with Crippen molar-refractivity contribution in [1.82, 2.24) is 4.98 Å². The molecule has 8 heteroatoms. The number of nitro benzene ring substituents is 1. The maximum atomic E-state index is 12.2. The van der Waals surface area contributed by atoms with Crippen molar-refractivity contribution >= 4 is 28.8 Å². The zero-order valence-corrected chi connectivity index (χ0v) is 16.7. The van der Waals surface area contributed by atoms with E-state index >= 15 is 0 Å². The number of esters is 1. The summed E-state index contributed by atoms with van der Waals surface area (Å²) in [5, 5.41) is 13.3. The Kier molecular flexibility index (Phi) is 6.13. The van der Waals surface area contributed by atoms with Gasteiger partial charge in [0.2, 0.25) is 5.78 Å². The molecular formula is C21H18N2O5S. The molecular weight excluding hydrogens is 392 g/mol. The molecule has 0 aliphatic carbocycles. The summed E-state index contributed by atoms with van der Waals surface area (Å²) in [4.78, 5) is 39.2. The highest BCUT2D eigenvalue weighted by Crippen LogP contribution is 2.25. The Balaban J connectivity index is 1.65. The first-order chi connectivity index (χ1) is 13.9. The summed E-state index contributed by atoms with van der Waals surface area (Å²) in [6.07, 6.45) is 0.938. The van der Waals surface area contributed by atoms with Crippen LogP contribution in [0, 0.1) is 17.0 Å². The first kappa shape index (κ1) is 20.3. The average Bonchev–Trinajstić information content (AvgIpc) is 3.22. The molecule has 0 spiro atoms. The van der Waals surface area contributed by atoms with Crippen molar-refractivity contribution in [3.8, 4) is 10.6 Å². The number of Topliss-reactive ketones (excluding diaryl/α,β-unsaturated/α-hetero) is 1. The molecule has 0 unspecified atom stereocenters. The second-order valence-electron chi connectivity index (χ2n) is 6.35. The molecule has 0 amide bonds. The summed E-state index contributed by atoms with van der Waals surface area (Å²) < 4.78 is 5.05. The Morgan fingerprint density at radius 2 is 1.90 bits per heavy atom. The van der Waals surface area contributed by atoms with Crippen LogP contribution < -0.4 is 0 Å². The first-order valence-electron chi connectivity index (χ1n) is 8.89. The van der Waals surface area contributed by atoms with E-state index in [1.165, 1.54) is 35.1 Å². The SMILES string of the molecule is CCc1ccc(-c2nc(C(=O)OCC(=O)c3ccc(C)c([N+](=O)[O-])c3)cs2)cc1. The van der Waals surface area contributed by atoms with Gasteiger partial charge < -0.3 is 4.74 Å². The number of thiazole rings is 1. The maximum absolute atomic E-state index is 12.2. The van der Waals surface area contributed by atoms with E-state index in [4.69, 9.17) is 4.74 Å². The van der Waals surface area contributed by atoms with Crippen molar-refractivity contribution in [3.63, 3.8) is 0 Å². The lowest BCUT2D eigenvalue weighted by Gasteiger charge is -2.04. The van der Waals surface area contributed by atoms with Crippen LogP contribution in [0.15, 0.2) is 47.8 Å². The van der Waals surface area contributed by atoms with Crippen molar-refractivity contribution in [2.24, 2.45) is 0 Å². The van der Waals surface area contributed by atoms with E-state index in [-0.39, 0.29) is 16.9 Å². The molecule has 0 saturated carbocycles. The van der Waals surface area contributed by atoms with Crippen molar-refractivity contribution < 1.29 is 19.2 Å². The average molecular weight is 410 g/mol. The number of hydrogen-bond donors (Lipinski definition) is 0. The topological polar surface area (TPSA) is 99.4 Å². The lowest BCUT2D eigenvalue weighted by atomic mass is 10.1. The van der Waals surface area contributed by atoms with Gasteiger partial charge in [0.15, 0.2) is 12.3 Å². The van der Waals surface area contributed by atoms with E-state index in [1.807, 2.05) is 24.3 Å². The number of hydrogen-bond acceptors (Lipinski definition) is 7. The van der Waals surface area contributed by atoms with Gasteiger partial charge in [0.25, 0.3) is 5.69 Å². The fourth-order valence-corrected chi connectivity index (χ4v) is 3.45. The summed E-state index contributed by atoms with van der Waals surface area (Å²) in [5.74, 6) is -1.24. The Bertz CT molecular complexity index is 1070. The minimum absolute atomic E-state index is 0.116. The van der Waals surface area contributed by atoms with Crippen LogP contribution in [0.1, 0.15) is 38.9 Å². The summed E-state index contributed by atoms with van der Waals surface area (Å²) in [5.41, 5.74) is 2.64. The first-order valence-corrected chi connectivity index (χ1v) is 9.77. The number of nitrogens with zero attached hydrogens (tertiary/aromatic N) is 2. The minimum Gasteiger partial charge on any atom is -0.453 e. The summed E-state index contributed by atoms with van der Waals surface area (Å²) in [6.45, 7) is 3.14. The third-order valence-electron chi connectivity index (χ3n) is 4.38. The summed E-state index contributed by atoms with van der Waals surface area (Å²) >= 11 is 1.31. The van der Waals surface area contributed by atoms with Gasteiger partial charge in [-0.3, -0.25) is 14.9 Å². The van der Waals surface area contributed by atoms with Crippen LogP contribution in [0.5, 0.6) is 0 Å². The van der Waals surface area contributed by atoms with Gasteiger partial charge in [0.05, 0.1) is 4.92 Å². The Morgan fingerprint density at radius 3 is 2.55 bits per heavy atom. The van der Waals surface area contributed by atoms with Crippen LogP contribution in [-0.4, -0.2) is 28.3 Å². The molecule has 3 aromatic rings. The molecule has 3 rings (SSSR count). The molecule has 29 heavy (non-hydrogen) atoms. The normalized spacial score (nSPS) is 10.6. The number of benzene rings is 2. The van der Waals surface area contributed by atoms with Crippen molar-refractivity contribution in [2.45, 2.75) is 20.3 Å². The fourth-order valence-electron chi connectivity index (χ4n) is 2.65. The van der Waals surface area contributed by atoms with Gasteiger partial charge in [-0.15, -0.1) is 11.3 Å². The number of aryl methyl sites for hydroxylation is 2. The largest absolute Gasteiger partial charge is 0.453 e. The van der Waals surface area contributed by atoms with Gasteiger partial charge in [-0.2, -0.15) is 0 Å². The maximum Gasteiger partial charge on any atom is 0.358 e. The van der Waals surface area contributed by atoms with Crippen LogP contribution in [0.4, 0.5) is 5.69 Å². The van der Waals surface area contributed by atoms with Crippen molar-refractivity contribution in [1.29, 1.82) is 0 Å². The van der Waals surface area contributed by atoms with E-state index in [0.717, 1.165) is 12.0 Å². The van der Waals surface area contributed by atoms with Gasteiger partial charge in [-0.1, -0.05) is 43.3 Å². The molecule has 1 heterocycles. The quantitative estimate of drug-likeness (QED) is 0.244. The fraction of sp³-hybridized carbons (Fsp3) is 0.190. The Labute approximate surface area is 171 Å². The minimum atomic E-state index is -0.715. The second-order valence-corrected chi connectivity index (χ2v) is 7.20. The zero-order valence-electron chi connectivity index (χ0n) is 15.9. The van der Waals surface area contributed by atoms with E-state index < -0.39 is 23.3 Å². The number of nitro groups is 1. The molecule has 0 atom stereocenters. The molecule has 7 nitrogen and oxygen atoms in total. The van der Waals surface area contributed by atoms with Crippen LogP contribution in [0.25, 0.3) is 10.6 Å². The Morgan fingerprint density at radius 1 is 1.17 bits per heavy atom. The molecule has 0 radical (unpaired) electrons. The van der Waals surface area contributed by atoms with E-state index in [1.54, 1.807) is 12.3 Å². The molecule has 0 aliphatic heterocycles. The lowest BCUT2D eigenvalue weighted by molar-refractivity contribution is -0.385. The smallest absolute Gasteiger partial charge is 0.358 e. The summed E-state index contributed by atoms with van der Waals surface area (Å²) in [7, 11) is 0. The molecule has 0 fully saturated rings. The third-order valence-corrected chi connectivity index (χ3v) is 5.28. The lowest BCUT2D eigenvalue weighted by Crippen LogP contribution is -2.14. The van der Waals surface area contributed by atoms with Crippen LogP contribution in [0.3, 0.4) is 0 Å². The highest BCUT2D eigenvalue weighted by molar-refractivity contribution is 7.13. The van der Waals surface area contributed by atoms with Crippen molar-refractivity contribution in [3.05, 3.63) is 80.3 Å². The molecule has 0 N–H and O–H groups in total. The van der Waals surface area contributed by atoms with Gasteiger partial charge in [-0.25, -0.2) is 9.78 Å². The zero-order chi connectivity index (χ0) is 21.0. The number of carbonyl (C=O) groups excluding carboxylic acids is 2. The molecule has 2 aromatic carbocycles. The standard InChI is InChI=1S/C21H18N2O5S/c1-3-14-5-8-15(9-6-14)20-22-17(12-29-20)21(25)28-11-19(24)16-7-4-13(2)18(10-16)23(26)27/h4-10,12H,3,11H2,1-2H3. The van der Waals surface area contributed by atoms with E-state index in [9.17, 15) is 19.7 Å². The molecule has 1 aromatic heterocycles. The van der Waals surface area contributed by atoms with Gasteiger partial charge in [-0.05, 0) is 18.9 Å². The van der Waals surface area contributed by atoms with Crippen LogP contribution >= 0.6 is 11.3 Å². The Hall–Kier alpha value is -3.39. The third kappa shape index (κ3) is 4.72. The van der Waals surface area contributed by atoms with Gasteiger partial charge in [0, 0.05) is 28.1 Å². The predicted molar refractivity (Wildman–Crippen MR) is 109 cm³/mol. The van der Waals surface area contributed by atoms with Gasteiger partial charge in [0.1, 0.15) is 5.01 Å². The number of ether oxygens (including phenoxy) is 1. The molecule has 0 saturated heterocycles. The van der Waals surface area contributed by atoms with Gasteiger partial charge >= 0.3 is 5.97 Å². The highest BCUT2D eigenvalue weighted by atomic mass is 32.1. The van der Waals surface area contributed by atoms with E-state index in [2.05, 4.69) is 11.9 Å². The monoisotopic (exact) mass is 410 g/mol. The second kappa shape index (κ2) is 8.74.